The van der Waals surface area contributed by atoms with Crippen LogP contribution < -0.4 is 0 Å². The fourth-order valence-corrected chi connectivity index (χ4v) is 2.59. The van der Waals surface area contributed by atoms with Gasteiger partial charge in [0.2, 0.25) is 0 Å². The van der Waals surface area contributed by atoms with E-state index in [2.05, 4.69) is 48.5 Å². The fraction of sp³-hybridized carbons (Fsp3) is 0. The van der Waals surface area contributed by atoms with E-state index in [0.717, 1.165) is 0 Å². The molecule has 3 aromatic carbocycles. The van der Waals surface area contributed by atoms with Crippen molar-refractivity contribution in [3.8, 4) is 11.1 Å². The Kier molecular flexibility index (Phi) is 2.53. The van der Waals surface area contributed by atoms with Crippen LogP contribution in [0.1, 0.15) is 0 Å². The Hall–Kier alpha value is -2.60. The zero-order valence-corrected chi connectivity index (χ0v) is 10.9. The molecule has 2 aliphatic carbocycles. The van der Waals surface area contributed by atoms with Crippen LogP contribution in [0.4, 0.5) is 0 Å². The van der Waals surface area contributed by atoms with Crippen LogP contribution in [0.25, 0.3) is 32.7 Å². The topological polar surface area (TPSA) is 0 Å². The molecule has 0 heterocycles. The van der Waals surface area contributed by atoms with Crippen molar-refractivity contribution in [2.45, 2.75) is 0 Å². The highest BCUT2D eigenvalue weighted by Gasteiger charge is 2.17. The summed E-state index contributed by atoms with van der Waals surface area (Å²) < 4.78 is 0. The summed E-state index contributed by atoms with van der Waals surface area (Å²) in [6.07, 6.45) is 0. The maximum absolute atomic E-state index is 3.21. The zero-order chi connectivity index (χ0) is 13.4. The molecule has 20 heavy (non-hydrogen) atoms. The maximum atomic E-state index is 3.21. The van der Waals surface area contributed by atoms with Crippen LogP contribution in [0, 0.1) is 12.1 Å². The Morgan fingerprint density at radius 1 is 0.600 bits per heavy atom. The molecule has 2 aliphatic rings. The molecule has 0 fully saturated rings. The van der Waals surface area contributed by atoms with Gasteiger partial charge in [0.1, 0.15) is 0 Å². The predicted molar refractivity (Wildman–Crippen MR) is 84.6 cm³/mol. The second kappa shape index (κ2) is 4.50. The first kappa shape index (κ1) is 11.2. The molecule has 0 aliphatic heterocycles. The summed E-state index contributed by atoms with van der Waals surface area (Å²) in [7, 11) is 0. The van der Waals surface area contributed by atoms with E-state index in [1.54, 1.807) is 0 Å². The summed E-state index contributed by atoms with van der Waals surface area (Å²) >= 11 is 0. The highest BCUT2D eigenvalue weighted by Crippen LogP contribution is 2.43. The molecule has 0 N–H and O–H groups in total. The van der Waals surface area contributed by atoms with Crippen molar-refractivity contribution in [2.24, 2.45) is 0 Å². The lowest BCUT2D eigenvalue weighted by molar-refractivity contribution is 1.62. The molecule has 0 unspecified atom stereocenters. The molecule has 0 saturated carbocycles. The maximum Gasteiger partial charge on any atom is -0.00201 e. The molecule has 0 atom stereocenters. The SMILES string of the molecule is [c]1cccc2c3ccc-3c12.[c]1cccc2ccccc12. The number of hydrogen-bond acceptors (Lipinski definition) is 0. The van der Waals surface area contributed by atoms with E-state index < -0.39 is 0 Å². The van der Waals surface area contributed by atoms with Gasteiger partial charge in [0.15, 0.2) is 0 Å². The van der Waals surface area contributed by atoms with E-state index in [0.29, 0.717) is 0 Å². The molecule has 0 spiro atoms. The van der Waals surface area contributed by atoms with Gasteiger partial charge < -0.3 is 0 Å². The monoisotopic (exact) mass is 252 g/mol. The second-order valence-electron chi connectivity index (χ2n) is 4.88. The lowest BCUT2D eigenvalue weighted by atomic mass is 9.83. The van der Waals surface area contributed by atoms with E-state index in [9.17, 15) is 0 Å². The molecule has 0 nitrogen and oxygen atoms in total. The van der Waals surface area contributed by atoms with E-state index in [1.807, 2.05) is 36.4 Å². The smallest absolute Gasteiger partial charge is 0.00201 e. The molecular weight excluding hydrogens is 240 g/mol. The van der Waals surface area contributed by atoms with Crippen LogP contribution in [0.5, 0.6) is 0 Å². The third kappa shape index (κ3) is 1.70. The summed E-state index contributed by atoms with van der Waals surface area (Å²) in [5.41, 5.74) is 2.82. The molecule has 0 bridgehead atoms. The Balaban J connectivity index is 0.000000106. The van der Waals surface area contributed by atoms with Gasteiger partial charge in [-0.3, -0.25) is 0 Å². The van der Waals surface area contributed by atoms with Gasteiger partial charge in [-0.25, -0.2) is 0 Å². The average Bonchev–Trinajstić information content (AvgIpc) is 2.49. The Morgan fingerprint density at radius 2 is 1.35 bits per heavy atom. The van der Waals surface area contributed by atoms with Gasteiger partial charge in [0, 0.05) is 0 Å². The predicted octanol–water partition coefficient (Wildman–Crippen LogP) is 5.26. The van der Waals surface area contributed by atoms with E-state index in [1.165, 1.54) is 32.7 Å². The average molecular weight is 252 g/mol. The molecule has 0 aromatic heterocycles. The third-order valence-electron chi connectivity index (χ3n) is 3.69. The first-order valence-corrected chi connectivity index (χ1v) is 6.73. The summed E-state index contributed by atoms with van der Waals surface area (Å²) in [6.45, 7) is 0. The molecule has 92 valence electrons. The van der Waals surface area contributed by atoms with Crippen molar-refractivity contribution < 1.29 is 0 Å². The number of fused-ring (bicyclic) bond motifs is 5. The number of rotatable bonds is 0. The van der Waals surface area contributed by atoms with Gasteiger partial charge in [-0.15, -0.1) is 0 Å². The van der Waals surface area contributed by atoms with Crippen LogP contribution in [-0.4, -0.2) is 0 Å². The summed E-state index contributed by atoms with van der Waals surface area (Å²) in [5, 5.41) is 5.12. The molecule has 5 rings (SSSR count). The normalized spacial score (nSPS) is 11.0. The first-order valence-electron chi connectivity index (χ1n) is 6.73. The van der Waals surface area contributed by atoms with Crippen molar-refractivity contribution in [1.82, 2.24) is 0 Å². The van der Waals surface area contributed by atoms with Gasteiger partial charge in [-0.1, -0.05) is 72.8 Å². The minimum atomic E-state index is 1.19. The molecule has 0 amide bonds. The van der Waals surface area contributed by atoms with Crippen LogP contribution in [-0.2, 0) is 0 Å². The molecule has 3 aromatic rings. The van der Waals surface area contributed by atoms with Crippen LogP contribution in [0.3, 0.4) is 0 Å². The van der Waals surface area contributed by atoms with Gasteiger partial charge in [-0.2, -0.15) is 0 Å². The minimum Gasteiger partial charge on any atom is -0.0616 e. The Labute approximate surface area is 118 Å². The zero-order valence-electron chi connectivity index (χ0n) is 10.9. The van der Waals surface area contributed by atoms with Crippen LogP contribution in [0.2, 0.25) is 0 Å². The van der Waals surface area contributed by atoms with Gasteiger partial charge in [0.05, 0.1) is 0 Å². The molecule has 0 heteroatoms. The molecule has 0 saturated heterocycles. The van der Waals surface area contributed by atoms with Gasteiger partial charge >= 0.3 is 0 Å². The van der Waals surface area contributed by atoms with E-state index >= 15 is 0 Å². The summed E-state index contributed by atoms with van der Waals surface area (Å²) in [6, 6.07) is 31.1. The molecule has 2 radical (unpaired) electrons. The number of hydrogen-bond donors (Lipinski definition) is 0. The minimum absolute atomic E-state index is 1.19. The molecular formula is C20H12. The van der Waals surface area contributed by atoms with Crippen molar-refractivity contribution in [3.63, 3.8) is 0 Å². The Morgan fingerprint density at radius 3 is 2.15 bits per heavy atom. The van der Waals surface area contributed by atoms with Crippen LogP contribution >= 0.6 is 0 Å². The van der Waals surface area contributed by atoms with E-state index in [4.69, 9.17) is 0 Å². The second-order valence-corrected chi connectivity index (χ2v) is 4.88. The van der Waals surface area contributed by atoms with Gasteiger partial charge in [0.25, 0.3) is 0 Å². The highest BCUT2D eigenvalue weighted by molar-refractivity contribution is 6.16. The van der Waals surface area contributed by atoms with Gasteiger partial charge in [-0.05, 0) is 44.8 Å². The summed E-state index contributed by atoms with van der Waals surface area (Å²) in [5.74, 6) is 0. The lowest BCUT2D eigenvalue weighted by Gasteiger charge is -2.20. The van der Waals surface area contributed by atoms with Crippen LogP contribution in [0.15, 0.2) is 72.8 Å². The van der Waals surface area contributed by atoms with Crippen molar-refractivity contribution in [1.29, 1.82) is 0 Å². The van der Waals surface area contributed by atoms with Crippen molar-refractivity contribution in [3.05, 3.63) is 84.9 Å². The Bertz CT molecular complexity index is 753. The first-order chi connectivity index (χ1) is 9.93. The van der Waals surface area contributed by atoms with E-state index in [-0.39, 0.29) is 0 Å². The quantitative estimate of drug-likeness (QED) is 0.352. The third-order valence-corrected chi connectivity index (χ3v) is 3.69. The summed E-state index contributed by atoms with van der Waals surface area (Å²) in [4.78, 5) is 0. The lowest BCUT2D eigenvalue weighted by Crippen LogP contribution is -1.93. The highest BCUT2D eigenvalue weighted by atomic mass is 14.2. The van der Waals surface area contributed by atoms with Crippen molar-refractivity contribution in [2.75, 3.05) is 0 Å². The van der Waals surface area contributed by atoms with Crippen molar-refractivity contribution >= 4 is 21.5 Å². The standard InChI is InChI=1S/C10H5.C10H7/c1-2-4-8-7(3-1)9-5-6-10(8)9;1-2-6-10-8-4-3-7-9(10)5-1/h1-3,5-6H;1-7H. The number of benzene rings is 4. The largest absolute Gasteiger partial charge is 0.0616 e. The fourth-order valence-electron chi connectivity index (χ4n) is 2.59.